The van der Waals surface area contributed by atoms with E-state index in [0.717, 1.165) is 23.0 Å². The molecule has 0 amide bonds. The van der Waals surface area contributed by atoms with Gasteiger partial charge in [0.15, 0.2) is 0 Å². The minimum Gasteiger partial charge on any atom is -0.456 e. The molecular weight excluding hydrogens is 810 g/mol. The van der Waals surface area contributed by atoms with Crippen molar-refractivity contribution >= 4 is 66.8 Å². The number of nitrogens with zero attached hydrogens (tertiary/aromatic N) is 1. The van der Waals surface area contributed by atoms with E-state index in [1.54, 1.807) is 11.1 Å². The number of fused-ring (bicyclic) bond motifs is 6. The first-order valence-electron chi connectivity index (χ1n) is 24.8. The van der Waals surface area contributed by atoms with Crippen LogP contribution < -0.4 is 16.4 Å². The summed E-state index contributed by atoms with van der Waals surface area (Å²) in [4.78, 5) is 0. The first-order chi connectivity index (χ1) is 32.5. The molecule has 3 heteroatoms. The Morgan fingerprint density at radius 3 is 1.46 bits per heavy atom. The number of benzene rings is 8. The Morgan fingerprint density at radius 2 is 0.925 bits per heavy atom. The summed E-state index contributed by atoms with van der Waals surface area (Å²) in [6.07, 6.45) is 7.95. The van der Waals surface area contributed by atoms with Crippen LogP contribution in [0.2, 0.25) is 0 Å². The highest BCUT2D eigenvalue weighted by atomic mass is 16.3. The van der Waals surface area contributed by atoms with Crippen LogP contribution in [0.5, 0.6) is 0 Å². The topological polar surface area (TPSA) is 18.1 Å². The summed E-state index contributed by atoms with van der Waals surface area (Å²) < 4.78 is 9.03. The molecule has 0 spiro atoms. The van der Waals surface area contributed by atoms with E-state index >= 15 is 0 Å². The maximum absolute atomic E-state index is 6.58. The quantitative estimate of drug-likeness (QED) is 0.146. The maximum atomic E-state index is 6.58. The van der Waals surface area contributed by atoms with Crippen molar-refractivity contribution in [2.45, 2.75) is 90.9 Å². The van der Waals surface area contributed by atoms with Gasteiger partial charge in [0.1, 0.15) is 11.2 Å². The first kappa shape index (κ1) is 40.7. The lowest BCUT2D eigenvalue weighted by molar-refractivity contribution is -0.0281. The van der Waals surface area contributed by atoms with Gasteiger partial charge in [0.05, 0.1) is 11.0 Å². The molecule has 2 heterocycles. The molecule has 2 unspecified atom stereocenters. The lowest BCUT2D eigenvalue weighted by Gasteiger charge is -2.63. The van der Waals surface area contributed by atoms with E-state index in [1.807, 2.05) is 0 Å². The van der Waals surface area contributed by atoms with Crippen molar-refractivity contribution in [1.82, 2.24) is 4.57 Å². The van der Waals surface area contributed by atoms with Gasteiger partial charge in [-0.15, -0.1) is 0 Å². The van der Waals surface area contributed by atoms with Crippen LogP contribution in [0.15, 0.2) is 162 Å². The van der Waals surface area contributed by atoms with E-state index < -0.39 is 0 Å². The normalized spacial score (nSPS) is 21.0. The lowest BCUT2D eigenvalue weighted by Crippen LogP contribution is -2.55. The third-order valence-electron chi connectivity index (χ3n) is 17.1. The number of aromatic nitrogens is 1. The van der Waals surface area contributed by atoms with Crippen LogP contribution in [0.1, 0.15) is 83.0 Å². The molecule has 0 aliphatic heterocycles. The third-order valence-corrected chi connectivity index (χ3v) is 17.1. The molecule has 4 saturated carbocycles. The second-order valence-electron chi connectivity index (χ2n) is 21.6. The van der Waals surface area contributed by atoms with Crippen molar-refractivity contribution in [2.75, 3.05) is 0 Å². The fourth-order valence-electron chi connectivity index (χ4n) is 15.0. The molecule has 8 aromatic carbocycles. The number of rotatable bonds is 7. The molecule has 0 N–H and O–H groups in total. The van der Waals surface area contributed by atoms with Crippen LogP contribution in [0.25, 0.3) is 60.6 Å². The third kappa shape index (κ3) is 6.37. The predicted molar refractivity (Wildman–Crippen MR) is 284 cm³/mol. The van der Waals surface area contributed by atoms with E-state index in [1.165, 1.54) is 138 Å². The molecule has 0 radical (unpaired) electrons. The molecular formula is C64H58BNO. The minimum absolute atomic E-state index is 0.112. The Balaban J connectivity index is 0.834. The van der Waals surface area contributed by atoms with Crippen LogP contribution in [0.4, 0.5) is 0 Å². The van der Waals surface area contributed by atoms with E-state index in [-0.39, 0.29) is 17.5 Å². The van der Waals surface area contributed by atoms with Gasteiger partial charge in [-0.05, 0) is 167 Å². The first-order valence-corrected chi connectivity index (χ1v) is 24.8. The smallest absolute Gasteiger partial charge is 0.242 e. The monoisotopic (exact) mass is 867 g/mol. The van der Waals surface area contributed by atoms with Gasteiger partial charge in [-0.2, -0.15) is 0 Å². The van der Waals surface area contributed by atoms with Crippen LogP contribution in [0, 0.1) is 53.4 Å². The standard InChI is InChI=1S/C64H58BNO/c1-39-27-41(3)61(42(4)28-39)65(62-43(5)29-40(2)30-44(62)6)51-22-26-60-56(33-51)55-32-48(17-25-59(55)67-60)47-15-18-49(19-16-47)63-34-45-31-46(35-63)37-64(36-45,38-63)50-20-23-52(24-21-50)66-57-13-9-7-11-53(57)54-12-8-10-14-58(54)66/h7-30,32-33,45-46H,31,34-38H2,1-6H3. The Bertz CT molecular complexity index is 3450. The number of furan rings is 1. The van der Waals surface area contributed by atoms with Crippen molar-refractivity contribution in [3.8, 4) is 16.8 Å². The van der Waals surface area contributed by atoms with Crippen molar-refractivity contribution < 1.29 is 4.42 Å². The van der Waals surface area contributed by atoms with E-state index in [9.17, 15) is 0 Å². The van der Waals surface area contributed by atoms with Crippen LogP contribution in [-0.2, 0) is 10.8 Å². The van der Waals surface area contributed by atoms with Gasteiger partial charge >= 0.3 is 0 Å². The SMILES string of the molecule is Cc1cc(C)c(B(c2ccc3oc4ccc(-c5ccc(C67CC8CC(C6)CC(c6ccc(-n9c%10ccccc%10c%10ccccc%109)cc6)(C8)C7)cc5)cc4c3c2)c2c(C)cc(C)cc2C)c(C)c1. The van der Waals surface area contributed by atoms with E-state index in [4.69, 9.17) is 4.42 Å². The fourth-order valence-corrected chi connectivity index (χ4v) is 15.0. The number of hydrogen-bond acceptors (Lipinski definition) is 1. The maximum Gasteiger partial charge on any atom is 0.242 e. The van der Waals surface area contributed by atoms with Crippen molar-refractivity contribution in [3.63, 3.8) is 0 Å². The molecule has 67 heavy (non-hydrogen) atoms. The summed E-state index contributed by atoms with van der Waals surface area (Å²) in [7, 11) is 0. The summed E-state index contributed by atoms with van der Waals surface area (Å²) in [5, 5.41) is 5.00. The molecule has 0 saturated heterocycles. The molecule has 14 rings (SSSR count). The van der Waals surface area contributed by atoms with Gasteiger partial charge in [-0.25, -0.2) is 0 Å². The second-order valence-corrected chi connectivity index (χ2v) is 21.6. The zero-order chi connectivity index (χ0) is 45.3. The summed E-state index contributed by atoms with van der Waals surface area (Å²) in [6.45, 7) is 13.7. The summed E-state index contributed by atoms with van der Waals surface area (Å²) in [6, 6.07) is 60.5. The average Bonchev–Trinajstić information content (AvgIpc) is 3.85. The largest absolute Gasteiger partial charge is 0.456 e. The van der Waals surface area contributed by atoms with Crippen LogP contribution in [-0.4, -0.2) is 11.3 Å². The van der Waals surface area contributed by atoms with Gasteiger partial charge in [0.25, 0.3) is 0 Å². The Hall–Kier alpha value is -6.58. The predicted octanol–water partition coefficient (Wildman–Crippen LogP) is 14.5. The minimum atomic E-state index is 0.112. The van der Waals surface area contributed by atoms with Gasteiger partial charge in [0, 0.05) is 27.2 Å². The van der Waals surface area contributed by atoms with Crippen LogP contribution >= 0.6 is 0 Å². The summed E-state index contributed by atoms with van der Waals surface area (Å²) in [5.74, 6) is 1.58. The summed E-state index contributed by atoms with van der Waals surface area (Å²) in [5.41, 5.74) is 23.9. The van der Waals surface area contributed by atoms with Crippen molar-refractivity contribution in [3.05, 3.63) is 202 Å². The number of para-hydroxylation sites is 2. The molecule has 2 nitrogen and oxygen atoms in total. The zero-order valence-electron chi connectivity index (χ0n) is 39.8. The molecule has 10 aromatic rings. The highest BCUT2D eigenvalue weighted by Crippen LogP contribution is 2.66. The molecule has 2 atom stereocenters. The molecule has 2 aromatic heterocycles. The highest BCUT2D eigenvalue weighted by molar-refractivity contribution is 6.96. The van der Waals surface area contributed by atoms with E-state index in [2.05, 4.69) is 204 Å². The molecule has 4 aliphatic rings. The Kier molecular flexibility index (Phi) is 9.09. The number of aryl methyl sites for hydroxylation is 6. The van der Waals surface area contributed by atoms with Gasteiger partial charge < -0.3 is 8.98 Å². The zero-order valence-corrected chi connectivity index (χ0v) is 39.8. The Labute approximate surface area is 395 Å². The average molecular weight is 868 g/mol. The van der Waals surface area contributed by atoms with Gasteiger partial charge in [-0.3, -0.25) is 0 Å². The molecule has 4 bridgehead atoms. The van der Waals surface area contributed by atoms with Gasteiger partial charge in [0.2, 0.25) is 6.71 Å². The Morgan fingerprint density at radius 1 is 0.463 bits per heavy atom. The van der Waals surface area contributed by atoms with E-state index in [0.29, 0.717) is 0 Å². The number of hydrogen-bond donors (Lipinski definition) is 0. The highest BCUT2D eigenvalue weighted by Gasteiger charge is 2.58. The fraction of sp³-hybridized carbons (Fsp3) is 0.250. The molecule has 328 valence electrons. The lowest BCUT2D eigenvalue weighted by atomic mass is 9.34. The molecule has 4 aliphatic carbocycles. The van der Waals surface area contributed by atoms with Crippen molar-refractivity contribution in [2.24, 2.45) is 11.8 Å². The summed E-state index contributed by atoms with van der Waals surface area (Å²) >= 11 is 0. The van der Waals surface area contributed by atoms with Crippen molar-refractivity contribution in [1.29, 1.82) is 0 Å². The second kappa shape index (κ2) is 15.0. The van der Waals surface area contributed by atoms with Crippen LogP contribution in [0.3, 0.4) is 0 Å². The van der Waals surface area contributed by atoms with Gasteiger partial charge in [-0.1, -0.05) is 165 Å². The molecule has 4 fully saturated rings.